The van der Waals surface area contributed by atoms with E-state index in [1.54, 1.807) is 25.7 Å². The van der Waals surface area contributed by atoms with Gasteiger partial charge in [0.2, 0.25) is 11.8 Å². The van der Waals surface area contributed by atoms with Gasteiger partial charge in [0.05, 0.1) is 22.3 Å². The van der Waals surface area contributed by atoms with Crippen molar-refractivity contribution in [3.05, 3.63) is 26.6 Å². The highest BCUT2D eigenvalue weighted by atomic mass is 32.1. The Morgan fingerprint density at radius 1 is 1.11 bits per heavy atom. The summed E-state index contributed by atoms with van der Waals surface area (Å²) in [4.78, 5) is 61.4. The highest BCUT2D eigenvalue weighted by Crippen LogP contribution is 2.38. The molecule has 1 atom stereocenters. The van der Waals surface area contributed by atoms with Crippen molar-refractivity contribution in [3.8, 4) is 0 Å². The summed E-state index contributed by atoms with van der Waals surface area (Å²) in [5.74, 6) is 0.0171. The summed E-state index contributed by atoms with van der Waals surface area (Å²) in [6.45, 7) is 7.49. The number of H-pyrrole nitrogens is 1. The Morgan fingerprint density at radius 3 is 2.60 bits per heavy atom. The van der Waals surface area contributed by atoms with Crippen LogP contribution in [0.4, 0.5) is 0 Å². The molecule has 2 aromatic heterocycles. The molecule has 2 saturated heterocycles. The number of ether oxygens (including phenoxy) is 1. The molecule has 1 spiro atoms. The SMILES string of the molecule is Cc1nc2sc(C(=O)N3CCC4(CCCCOCCNC(=O)[C@H](C)NC4=O)CC3)c(C)c2c(=O)[nH]1. The van der Waals surface area contributed by atoms with Crippen molar-refractivity contribution in [1.82, 2.24) is 25.5 Å². The van der Waals surface area contributed by atoms with Gasteiger partial charge in [-0.15, -0.1) is 11.3 Å². The van der Waals surface area contributed by atoms with Gasteiger partial charge in [0.25, 0.3) is 11.5 Å². The number of likely N-dealkylation sites (tertiary alicyclic amines) is 1. The van der Waals surface area contributed by atoms with Gasteiger partial charge in [0.1, 0.15) is 16.7 Å². The van der Waals surface area contributed by atoms with E-state index in [1.165, 1.54) is 11.3 Å². The quantitative estimate of drug-likeness (QED) is 0.542. The highest BCUT2D eigenvalue weighted by Gasteiger charge is 2.43. The Hall–Kier alpha value is -2.79. The maximum absolute atomic E-state index is 13.4. The van der Waals surface area contributed by atoms with E-state index in [1.807, 2.05) is 0 Å². The molecule has 11 heteroatoms. The lowest BCUT2D eigenvalue weighted by Crippen LogP contribution is -2.54. The van der Waals surface area contributed by atoms with Crippen molar-refractivity contribution < 1.29 is 19.1 Å². The number of fused-ring (bicyclic) bond motifs is 1. The lowest BCUT2D eigenvalue weighted by molar-refractivity contribution is -0.137. The lowest BCUT2D eigenvalue weighted by Gasteiger charge is -2.41. The molecule has 2 aromatic rings. The van der Waals surface area contributed by atoms with Gasteiger partial charge in [-0.25, -0.2) is 4.98 Å². The second kappa shape index (κ2) is 10.4. The molecule has 3 N–H and O–H groups in total. The third-order valence-corrected chi connectivity index (χ3v) is 8.26. The van der Waals surface area contributed by atoms with Gasteiger partial charge < -0.3 is 25.3 Å². The monoisotopic (exact) mass is 503 g/mol. The Morgan fingerprint density at radius 2 is 1.86 bits per heavy atom. The van der Waals surface area contributed by atoms with Gasteiger partial charge in [0, 0.05) is 26.2 Å². The summed E-state index contributed by atoms with van der Waals surface area (Å²) in [5, 5.41) is 6.15. The summed E-state index contributed by atoms with van der Waals surface area (Å²) in [5.41, 5.74) is -0.228. The van der Waals surface area contributed by atoms with E-state index in [2.05, 4.69) is 20.6 Å². The van der Waals surface area contributed by atoms with Crippen LogP contribution < -0.4 is 16.2 Å². The first-order chi connectivity index (χ1) is 16.7. The first kappa shape index (κ1) is 25.3. The molecule has 35 heavy (non-hydrogen) atoms. The molecule has 0 aromatic carbocycles. The zero-order chi connectivity index (χ0) is 25.2. The molecular weight excluding hydrogens is 470 g/mol. The Bertz CT molecular complexity index is 1180. The van der Waals surface area contributed by atoms with Crippen molar-refractivity contribution in [2.75, 3.05) is 32.8 Å². The van der Waals surface area contributed by atoms with E-state index in [-0.39, 0.29) is 23.3 Å². The molecule has 0 saturated carbocycles. The first-order valence-electron chi connectivity index (χ1n) is 12.2. The maximum atomic E-state index is 13.4. The van der Waals surface area contributed by atoms with Crippen LogP contribution in [0.3, 0.4) is 0 Å². The summed E-state index contributed by atoms with van der Waals surface area (Å²) in [6.07, 6.45) is 3.38. The van der Waals surface area contributed by atoms with Crippen LogP contribution in [0.25, 0.3) is 10.2 Å². The van der Waals surface area contributed by atoms with Crippen molar-refractivity contribution in [2.45, 2.75) is 58.9 Å². The van der Waals surface area contributed by atoms with Crippen LogP contribution in [0, 0.1) is 19.3 Å². The topological polar surface area (TPSA) is 133 Å². The fraction of sp³-hybridized carbons (Fsp3) is 0.625. The minimum absolute atomic E-state index is 0.128. The average Bonchev–Trinajstić information content (AvgIpc) is 3.16. The zero-order valence-electron chi connectivity index (χ0n) is 20.5. The van der Waals surface area contributed by atoms with Gasteiger partial charge in [0.15, 0.2) is 0 Å². The van der Waals surface area contributed by atoms with Crippen LogP contribution in [0.2, 0.25) is 0 Å². The number of hydrogen-bond donors (Lipinski definition) is 3. The molecule has 0 bridgehead atoms. The second-order valence-corrected chi connectivity index (χ2v) is 10.5. The Kier molecular flexibility index (Phi) is 7.56. The largest absolute Gasteiger partial charge is 0.380 e. The molecule has 3 amide bonds. The molecule has 2 aliphatic rings. The van der Waals surface area contributed by atoms with Crippen LogP contribution in [-0.4, -0.2) is 71.5 Å². The van der Waals surface area contributed by atoms with Gasteiger partial charge in [-0.05, 0) is 52.0 Å². The second-order valence-electron chi connectivity index (χ2n) is 9.52. The molecule has 0 aliphatic carbocycles. The molecule has 0 radical (unpaired) electrons. The fourth-order valence-corrected chi connectivity index (χ4v) is 6.11. The van der Waals surface area contributed by atoms with Gasteiger partial charge in [-0.1, -0.05) is 6.42 Å². The number of aromatic nitrogens is 2. The number of amides is 3. The molecular formula is C24H33N5O5S. The van der Waals surface area contributed by atoms with Crippen LogP contribution in [0.15, 0.2) is 4.79 Å². The van der Waals surface area contributed by atoms with Crippen LogP contribution in [0.1, 0.15) is 60.1 Å². The molecule has 4 heterocycles. The van der Waals surface area contributed by atoms with Crippen LogP contribution in [-0.2, 0) is 14.3 Å². The fourth-order valence-electron chi connectivity index (χ4n) is 4.91. The minimum atomic E-state index is -0.643. The third kappa shape index (κ3) is 5.25. The lowest BCUT2D eigenvalue weighted by atomic mass is 9.73. The van der Waals surface area contributed by atoms with Crippen molar-refractivity contribution in [3.63, 3.8) is 0 Å². The van der Waals surface area contributed by atoms with Gasteiger partial charge in [-0.2, -0.15) is 0 Å². The number of piperidine rings is 1. The molecule has 2 fully saturated rings. The number of aryl methyl sites for hydroxylation is 2. The van der Waals surface area contributed by atoms with Crippen molar-refractivity contribution in [2.24, 2.45) is 5.41 Å². The Balaban J connectivity index is 1.51. The van der Waals surface area contributed by atoms with E-state index in [9.17, 15) is 19.2 Å². The predicted molar refractivity (Wildman–Crippen MR) is 133 cm³/mol. The van der Waals surface area contributed by atoms with Crippen molar-refractivity contribution in [1.29, 1.82) is 0 Å². The van der Waals surface area contributed by atoms with Crippen LogP contribution in [0.5, 0.6) is 0 Å². The molecule has 2 aliphatic heterocycles. The first-order valence-corrected chi connectivity index (χ1v) is 13.0. The summed E-state index contributed by atoms with van der Waals surface area (Å²) >= 11 is 1.24. The van der Waals surface area contributed by atoms with Gasteiger partial charge >= 0.3 is 0 Å². The number of nitrogens with one attached hydrogen (secondary N) is 3. The summed E-state index contributed by atoms with van der Waals surface area (Å²) < 4.78 is 5.58. The van der Waals surface area contributed by atoms with E-state index in [0.29, 0.717) is 78.6 Å². The third-order valence-electron chi connectivity index (χ3n) is 7.08. The van der Waals surface area contributed by atoms with E-state index in [4.69, 9.17) is 4.74 Å². The molecule has 0 unspecified atom stereocenters. The number of thiophene rings is 1. The average molecular weight is 504 g/mol. The summed E-state index contributed by atoms with van der Waals surface area (Å²) in [7, 11) is 0. The highest BCUT2D eigenvalue weighted by molar-refractivity contribution is 7.20. The number of rotatable bonds is 1. The van der Waals surface area contributed by atoms with E-state index in [0.717, 1.165) is 12.8 Å². The maximum Gasteiger partial charge on any atom is 0.264 e. The van der Waals surface area contributed by atoms with Crippen molar-refractivity contribution >= 4 is 39.3 Å². The minimum Gasteiger partial charge on any atom is -0.380 e. The predicted octanol–water partition coefficient (Wildman–Crippen LogP) is 1.65. The van der Waals surface area contributed by atoms with Gasteiger partial charge in [-0.3, -0.25) is 19.2 Å². The molecule has 190 valence electrons. The number of nitrogens with zero attached hydrogens (tertiary/aromatic N) is 2. The van der Waals surface area contributed by atoms with E-state index < -0.39 is 11.5 Å². The van der Waals surface area contributed by atoms with Crippen LogP contribution >= 0.6 is 11.3 Å². The normalized spacial score (nSPS) is 22.1. The number of carbonyl (C=O) groups excluding carboxylic acids is 3. The zero-order valence-corrected chi connectivity index (χ0v) is 21.3. The molecule has 4 rings (SSSR count). The Labute approximate surface area is 207 Å². The number of carbonyl (C=O) groups is 3. The smallest absolute Gasteiger partial charge is 0.264 e. The number of hydrogen-bond acceptors (Lipinski definition) is 7. The van der Waals surface area contributed by atoms with E-state index >= 15 is 0 Å². The summed E-state index contributed by atoms with van der Waals surface area (Å²) in [6, 6.07) is -0.643. The standard InChI is InChI=1S/C24H33N5O5S/c1-14-17-20(31)27-16(3)28-21(17)35-18(14)22(32)29-10-7-24(8-11-29)6-4-5-12-34-13-9-25-19(30)15(2)26-23(24)33/h15H,4-13H2,1-3H3,(H,25,30)(H,26,33)(H,27,28,31)/t15-/m0/s1. The number of aromatic amines is 1. The molecule has 10 nitrogen and oxygen atoms in total.